The van der Waals surface area contributed by atoms with Gasteiger partial charge >= 0.3 is 0 Å². The van der Waals surface area contributed by atoms with E-state index < -0.39 is 5.78 Å². The molecule has 3 heteroatoms. The molecule has 0 aliphatic heterocycles. The lowest BCUT2D eigenvalue weighted by Crippen LogP contribution is -1.93. The third-order valence-corrected chi connectivity index (χ3v) is 0.732. The summed E-state index contributed by atoms with van der Waals surface area (Å²) in [7, 11) is 0. The normalized spacial score (nSPS) is 9.12. The Bertz CT molecular complexity index is 178. The molecule has 1 heterocycles. The molecule has 1 N–H and O–H groups in total. The summed E-state index contributed by atoms with van der Waals surface area (Å²) in [4.78, 5) is 16.3. The monoisotopic (exact) mass is 108 g/mol. The van der Waals surface area contributed by atoms with Crippen LogP contribution in [0.1, 0.15) is 10.6 Å². The van der Waals surface area contributed by atoms with Gasteiger partial charge in [-0.15, -0.1) is 0 Å². The summed E-state index contributed by atoms with van der Waals surface area (Å²) in [6.07, 6.45) is 3.01. The SMILES string of the molecule is [CH]C(=O)c1ncc[nH]1. The quantitative estimate of drug-likeness (QED) is 0.526. The van der Waals surface area contributed by atoms with E-state index in [0.717, 1.165) is 0 Å². The zero-order valence-electron chi connectivity index (χ0n) is 4.09. The molecule has 0 saturated heterocycles. The first kappa shape index (κ1) is 5.03. The second kappa shape index (κ2) is 1.78. The molecule has 8 heavy (non-hydrogen) atoms. The average molecular weight is 108 g/mol. The Balaban J connectivity index is 2.93. The molecule has 0 amide bonds. The highest BCUT2D eigenvalue weighted by Gasteiger charge is 1.97. The molecule has 2 radical (unpaired) electrons. The molecule has 0 atom stereocenters. The molecule has 0 spiro atoms. The standard InChI is InChI=1S/C5H4N2O/c1-4(8)5-6-2-3-7-5/h1-3H,(H,6,7). The van der Waals surface area contributed by atoms with Gasteiger partial charge in [0.1, 0.15) is 0 Å². The van der Waals surface area contributed by atoms with Crippen molar-refractivity contribution in [1.82, 2.24) is 9.97 Å². The number of rotatable bonds is 1. The van der Waals surface area contributed by atoms with Gasteiger partial charge in [-0.25, -0.2) is 4.98 Å². The summed E-state index contributed by atoms with van der Waals surface area (Å²) in [6, 6.07) is 0. The van der Waals surface area contributed by atoms with Gasteiger partial charge in [0, 0.05) is 19.3 Å². The number of carbonyl (C=O) groups is 1. The highest BCUT2D eigenvalue weighted by atomic mass is 16.1. The molecule has 0 bridgehead atoms. The molecule has 3 nitrogen and oxygen atoms in total. The summed E-state index contributed by atoms with van der Waals surface area (Å²) >= 11 is 0. The smallest absolute Gasteiger partial charge is 0.202 e. The van der Waals surface area contributed by atoms with Crippen LogP contribution >= 0.6 is 0 Å². The Morgan fingerprint density at radius 2 is 2.62 bits per heavy atom. The van der Waals surface area contributed by atoms with Crippen molar-refractivity contribution in [2.75, 3.05) is 0 Å². The maximum absolute atomic E-state index is 10.2. The van der Waals surface area contributed by atoms with Gasteiger partial charge in [0.05, 0.1) is 0 Å². The first-order chi connectivity index (χ1) is 3.80. The fourth-order valence-electron chi connectivity index (χ4n) is 0.400. The van der Waals surface area contributed by atoms with Crippen molar-refractivity contribution < 1.29 is 4.79 Å². The van der Waals surface area contributed by atoms with Crippen molar-refractivity contribution in [1.29, 1.82) is 0 Å². The van der Waals surface area contributed by atoms with Gasteiger partial charge in [-0.2, -0.15) is 0 Å². The number of Topliss-reactive ketones (excluding diaryl/α,β-unsaturated/α-hetero) is 1. The van der Waals surface area contributed by atoms with Crippen LogP contribution in [-0.2, 0) is 0 Å². The van der Waals surface area contributed by atoms with Gasteiger partial charge in [-0.05, 0) is 0 Å². The van der Waals surface area contributed by atoms with E-state index in [1.54, 1.807) is 6.20 Å². The first-order valence-electron chi connectivity index (χ1n) is 2.10. The van der Waals surface area contributed by atoms with Crippen LogP contribution < -0.4 is 0 Å². The van der Waals surface area contributed by atoms with Gasteiger partial charge in [0.15, 0.2) is 5.82 Å². The van der Waals surface area contributed by atoms with Gasteiger partial charge < -0.3 is 4.98 Å². The van der Waals surface area contributed by atoms with Crippen molar-refractivity contribution in [2.24, 2.45) is 0 Å². The maximum atomic E-state index is 10.2. The Morgan fingerprint density at radius 1 is 1.88 bits per heavy atom. The van der Waals surface area contributed by atoms with E-state index in [0.29, 0.717) is 0 Å². The number of aromatic amines is 1. The fraction of sp³-hybridized carbons (Fsp3) is 0. The van der Waals surface area contributed by atoms with E-state index in [4.69, 9.17) is 6.92 Å². The van der Waals surface area contributed by atoms with Crippen molar-refractivity contribution in [3.05, 3.63) is 25.1 Å². The number of H-pyrrole nitrogens is 1. The van der Waals surface area contributed by atoms with Crippen LogP contribution in [0.15, 0.2) is 12.4 Å². The number of nitrogens with one attached hydrogen (secondary N) is 1. The van der Waals surface area contributed by atoms with Crippen molar-refractivity contribution >= 4 is 5.78 Å². The van der Waals surface area contributed by atoms with E-state index in [-0.39, 0.29) is 5.82 Å². The molecule has 0 saturated carbocycles. The van der Waals surface area contributed by atoms with E-state index in [1.807, 2.05) is 0 Å². The molecule has 0 aliphatic carbocycles. The molecule has 1 aromatic rings. The molecule has 1 rings (SSSR count). The van der Waals surface area contributed by atoms with Crippen molar-refractivity contribution in [2.45, 2.75) is 0 Å². The Morgan fingerprint density at radius 3 is 2.88 bits per heavy atom. The van der Waals surface area contributed by atoms with E-state index in [1.165, 1.54) is 6.20 Å². The van der Waals surface area contributed by atoms with Gasteiger partial charge in [0.2, 0.25) is 5.78 Å². The zero-order valence-corrected chi connectivity index (χ0v) is 4.09. The third-order valence-electron chi connectivity index (χ3n) is 0.732. The minimum Gasteiger partial charge on any atom is -0.342 e. The summed E-state index contributed by atoms with van der Waals surface area (Å²) in [6.45, 7) is 4.83. The number of hydrogen-bond acceptors (Lipinski definition) is 2. The summed E-state index contributed by atoms with van der Waals surface area (Å²) in [5.41, 5.74) is 0. The highest BCUT2D eigenvalue weighted by Crippen LogP contribution is 1.86. The number of hydrogen-bond donors (Lipinski definition) is 1. The predicted molar refractivity (Wildman–Crippen MR) is 27.2 cm³/mol. The van der Waals surface area contributed by atoms with Gasteiger partial charge in [-0.3, -0.25) is 4.79 Å². The lowest BCUT2D eigenvalue weighted by Gasteiger charge is -1.79. The lowest BCUT2D eigenvalue weighted by molar-refractivity contribution is 0.103. The van der Waals surface area contributed by atoms with Crippen LogP contribution in [-0.4, -0.2) is 15.8 Å². The topological polar surface area (TPSA) is 45.8 Å². The van der Waals surface area contributed by atoms with Crippen LogP contribution in [0, 0.1) is 6.92 Å². The van der Waals surface area contributed by atoms with Crippen LogP contribution in [0.4, 0.5) is 0 Å². The molecule has 40 valence electrons. The van der Waals surface area contributed by atoms with Gasteiger partial charge in [-0.1, -0.05) is 0 Å². The predicted octanol–water partition coefficient (Wildman–Crippen LogP) is 0.303. The highest BCUT2D eigenvalue weighted by molar-refractivity contribution is 5.95. The van der Waals surface area contributed by atoms with E-state index >= 15 is 0 Å². The second-order valence-corrected chi connectivity index (χ2v) is 1.30. The minimum absolute atomic E-state index is 0.199. The zero-order chi connectivity index (χ0) is 5.98. The second-order valence-electron chi connectivity index (χ2n) is 1.30. The Kier molecular flexibility index (Phi) is 1.12. The van der Waals surface area contributed by atoms with Crippen LogP contribution in [0.3, 0.4) is 0 Å². The average Bonchev–Trinajstić information content (AvgIpc) is 2.12. The Hall–Kier alpha value is -1.12. The van der Waals surface area contributed by atoms with E-state index in [2.05, 4.69) is 9.97 Å². The van der Waals surface area contributed by atoms with Crippen LogP contribution in [0.2, 0.25) is 0 Å². The largest absolute Gasteiger partial charge is 0.342 e. The third kappa shape index (κ3) is 0.753. The number of carbonyl (C=O) groups excluding carboxylic acids is 1. The molecule has 0 aromatic carbocycles. The molecule has 0 unspecified atom stereocenters. The first-order valence-corrected chi connectivity index (χ1v) is 2.10. The number of nitrogens with zero attached hydrogens (tertiary/aromatic N) is 1. The molecule has 0 aliphatic rings. The van der Waals surface area contributed by atoms with Crippen LogP contribution in [0.25, 0.3) is 0 Å². The number of ketones is 1. The minimum atomic E-state index is -0.532. The molecule has 0 fully saturated rings. The van der Waals surface area contributed by atoms with E-state index in [9.17, 15) is 4.79 Å². The maximum Gasteiger partial charge on any atom is 0.202 e. The van der Waals surface area contributed by atoms with Crippen molar-refractivity contribution in [3.63, 3.8) is 0 Å². The summed E-state index contributed by atoms with van der Waals surface area (Å²) < 4.78 is 0. The Labute approximate surface area is 46.8 Å². The molecular weight excluding hydrogens is 104 g/mol. The summed E-state index contributed by atoms with van der Waals surface area (Å²) in [5.74, 6) is -0.333. The number of imidazole rings is 1. The van der Waals surface area contributed by atoms with Crippen LogP contribution in [0.5, 0.6) is 0 Å². The van der Waals surface area contributed by atoms with Crippen molar-refractivity contribution in [3.8, 4) is 0 Å². The summed E-state index contributed by atoms with van der Waals surface area (Å²) in [5, 5.41) is 0. The van der Waals surface area contributed by atoms with Gasteiger partial charge in [0.25, 0.3) is 0 Å². The number of aromatic nitrogens is 2. The molecule has 1 aromatic heterocycles. The fourth-order valence-corrected chi connectivity index (χ4v) is 0.400. The lowest BCUT2D eigenvalue weighted by atomic mass is 10.4. The molecular formula is C5H4N2O.